The Kier molecular flexibility index (Phi) is 4.05. The highest BCUT2D eigenvalue weighted by Crippen LogP contribution is 2.25. The molecule has 0 aliphatic heterocycles. The molecule has 0 spiro atoms. The van der Waals surface area contributed by atoms with Crippen molar-refractivity contribution in [3.05, 3.63) is 46.7 Å². The molecule has 0 amide bonds. The lowest BCUT2D eigenvalue weighted by Gasteiger charge is -2.10. The summed E-state index contributed by atoms with van der Waals surface area (Å²) >= 11 is 1.24. The third-order valence-corrected chi connectivity index (χ3v) is 4.86. The third-order valence-electron chi connectivity index (χ3n) is 2.34. The van der Waals surface area contributed by atoms with Crippen LogP contribution in [-0.4, -0.2) is 14.8 Å². The van der Waals surface area contributed by atoms with Crippen molar-refractivity contribution in [2.24, 2.45) is 0 Å². The second-order valence-electron chi connectivity index (χ2n) is 3.91. The predicted molar refractivity (Wildman–Crippen MR) is 68.3 cm³/mol. The number of thiophene rings is 1. The predicted octanol–water partition coefficient (Wildman–Crippen LogP) is 3.62. The standard InChI is InChI=1S/C12H9F3O3S2/c13-12(14,15)18-10-3-1-2-9(6-10)8-20(16,17)11-4-5-19-7-11/h1-7H,8H2. The Morgan fingerprint density at radius 2 is 1.95 bits per heavy atom. The van der Waals surface area contributed by atoms with Crippen LogP contribution in [0.1, 0.15) is 5.56 Å². The average Bonchev–Trinajstić information content (AvgIpc) is 2.80. The van der Waals surface area contributed by atoms with Crippen LogP contribution in [0, 0.1) is 0 Å². The Morgan fingerprint density at radius 3 is 2.55 bits per heavy atom. The van der Waals surface area contributed by atoms with Gasteiger partial charge in [0.15, 0.2) is 9.84 Å². The number of sulfone groups is 1. The molecule has 0 radical (unpaired) electrons. The summed E-state index contributed by atoms with van der Waals surface area (Å²) < 4.78 is 64.0. The quantitative estimate of drug-likeness (QED) is 0.863. The monoisotopic (exact) mass is 322 g/mol. The van der Waals surface area contributed by atoms with E-state index in [-0.39, 0.29) is 16.2 Å². The first-order chi connectivity index (χ1) is 9.26. The van der Waals surface area contributed by atoms with Crippen LogP contribution in [0.4, 0.5) is 13.2 Å². The van der Waals surface area contributed by atoms with E-state index >= 15 is 0 Å². The van der Waals surface area contributed by atoms with Crippen molar-refractivity contribution in [1.82, 2.24) is 0 Å². The van der Waals surface area contributed by atoms with E-state index in [4.69, 9.17) is 0 Å². The van der Waals surface area contributed by atoms with Crippen LogP contribution >= 0.6 is 11.3 Å². The molecule has 1 aromatic carbocycles. The van der Waals surface area contributed by atoms with Crippen molar-refractivity contribution in [2.75, 3.05) is 0 Å². The number of hydrogen-bond donors (Lipinski definition) is 0. The zero-order valence-corrected chi connectivity index (χ0v) is 11.6. The van der Waals surface area contributed by atoms with Gasteiger partial charge < -0.3 is 4.74 Å². The molecule has 108 valence electrons. The third kappa shape index (κ3) is 3.97. The van der Waals surface area contributed by atoms with Crippen LogP contribution in [0.5, 0.6) is 5.75 Å². The van der Waals surface area contributed by atoms with Gasteiger partial charge in [-0.3, -0.25) is 0 Å². The minimum atomic E-state index is -4.80. The number of halogens is 3. The van der Waals surface area contributed by atoms with E-state index in [2.05, 4.69) is 4.74 Å². The van der Waals surface area contributed by atoms with E-state index < -0.39 is 21.9 Å². The highest BCUT2D eigenvalue weighted by atomic mass is 32.2. The van der Waals surface area contributed by atoms with Gasteiger partial charge in [-0.2, -0.15) is 11.3 Å². The molecule has 2 aromatic rings. The number of hydrogen-bond acceptors (Lipinski definition) is 4. The molecule has 0 aliphatic rings. The van der Waals surface area contributed by atoms with E-state index in [0.717, 1.165) is 12.1 Å². The second kappa shape index (κ2) is 5.45. The highest BCUT2D eigenvalue weighted by Gasteiger charge is 2.31. The summed E-state index contributed by atoms with van der Waals surface area (Å²) in [5.74, 6) is -0.811. The molecule has 0 N–H and O–H groups in total. The Hall–Kier alpha value is -1.54. The topological polar surface area (TPSA) is 43.4 Å². The molecule has 0 fully saturated rings. The Morgan fingerprint density at radius 1 is 1.20 bits per heavy atom. The largest absolute Gasteiger partial charge is 0.573 e. The van der Waals surface area contributed by atoms with Gasteiger partial charge in [0.1, 0.15) is 5.75 Å². The Balaban J connectivity index is 2.21. The molecule has 0 saturated carbocycles. The summed E-state index contributed by atoms with van der Waals surface area (Å²) in [6.07, 6.45) is -4.80. The highest BCUT2D eigenvalue weighted by molar-refractivity contribution is 7.90. The lowest BCUT2D eigenvalue weighted by atomic mass is 10.2. The fraction of sp³-hybridized carbons (Fsp3) is 0.167. The van der Waals surface area contributed by atoms with E-state index in [9.17, 15) is 21.6 Å². The first-order valence-corrected chi connectivity index (χ1v) is 7.95. The SMILES string of the molecule is O=S(=O)(Cc1cccc(OC(F)(F)F)c1)c1ccsc1. The molecule has 0 atom stereocenters. The minimum absolute atomic E-state index is 0.157. The van der Waals surface area contributed by atoms with Crippen LogP contribution in [-0.2, 0) is 15.6 Å². The molecule has 1 aromatic heterocycles. The second-order valence-corrected chi connectivity index (χ2v) is 6.68. The summed E-state index contributed by atoms with van der Waals surface area (Å²) in [6, 6.07) is 6.40. The van der Waals surface area contributed by atoms with Gasteiger partial charge in [-0.15, -0.1) is 13.2 Å². The van der Waals surface area contributed by atoms with E-state index in [1.54, 1.807) is 5.38 Å². The van der Waals surface area contributed by atoms with E-state index in [1.165, 1.54) is 34.9 Å². The van der Waals surface area contributed by atoms with Crippen molar-refractivity contribution < 1.29 is 26.3 Å². The van der Waals surface area contributed by atoms with Gasteiger partial charge in [0.2, 0.25) is 0 Å². The smallest absolute Gasteiger partial charge is 0.406 e. The lowest BCUT2D eigenvalue weighted by molar-refractivity contribution is -0.274. The van der Waals surface area contributed by atoms with Crippen LogP contribution in [0.3, 0.4) is 0 Å². The molecule has 20 heavy (non-hydrogen) atoms. The molecule has 0 aliphatic carbocycles. The van der Waals surface area contributed by atoms with Crippen molar-refractivity contribution in [1.29, 1.82) is 0 Å². The van der Waals surface area contributed by atoms with Gasteiger partial charge in [-0.05, 0) is 29.1 Å². The van der Waals surface area contributed by atoms with Gasteiger partial charge in [-0.25, -0.2) is 8.42 Å². The van der Waals surface area contributed by atoms with Gasteiger partial charge in [0, 0.05) is 5.38 Å². The van der Waals surface area contributed by atoms with Crippen LogP contribution in [0.25, 0.3) is 0 Å². The Bertz CT molecular complexity index is 676. The maximum atomic E-state index is 12.1. The van der Waals surface area contributed by atoms with Crippen molar-refractivity contribution in [2.45, 2.75) is 17.0 Å². The van der Waals surface area contributed by atoms with Crippen LogP contribution in [0.2, 0.25) is 0 Å². The van der Waals surface area contributed by atoms with Crippen LogP contribution < -0.4 is 4.74 Å². The van der Waals surface area contributed by atoms with Crippen molar-refractivity contribution in [3.63, 3.8) is 0 Å². The zero-order chi connectivity index (χ0) is 14.8. The molecular weight excluding hydrogens is 313 g/mol. The molecule has 0 saturated heterocycles. The van der Waals surface area contributed by atoms with Gasteiger partial charge in [0.25, 0.3) is 0 Å². The number of rotatable bonds is 4. The molecule has 3 nitrogen and oxygen atoms in total. The molecule has 0 bridgehead atoms. The summed E-state index contributed by atoms with van der Waals surface area (Å²) in [4.78, 5) is 0.157. The lowest BCUT2D eigenvalue weighted by Crippen LogP contribution is -2.17. The Labute approximate surface area is 117 Å². The van der Waals surface area contributed by atoms with Crippen molar-refractivity contribution >= 4 is 21.2 Å². The summed E-state index contributed by atoms with van der Waals surface area (Å²) in [5, 5.41) is 3.10. The first kappa shape index (κ1) is 14.9. The molecule has 1 heterocycles. The fourth-order valence-corrected chi connectivity index (χ4v) is 3.98. The molecular formula is C12H9F3O3S2. The minimum Gasteiger partial charge on any atom is -0.406 e. The zero-order valence-electron chi connectivity index (χ0n) is 9.92. The maximum absolute atomic E-state index is 12.1. The summed E-state index contributed by atoms with van der Waals surface area (Å²) in [7, 11) is -3.56. The molecule has 2 rings (SSSR count). The van der Waals surface area contributed by atoms with Crippen LogP contribution in [0.15, 0.2) is 46.0 Å². The van der Waals surface area contributed by atoms with Crippen molar-refractivity contribution in [3.8, 4) is 5.75 Å². The van der Waals surface area contributed by atoms with Gasteiger partial charge in [0.05, 0.1) is 10.6 Å². The van der Waals surface area contributed by atoms with Gasteiger partial charge in [-0.1, -0.05) is 12.1 Å². The summed E-state index contributed by atoms with van der Waals surface area (Å²) in [6.45, 7) is 0. The number of alkyl halides is 3. The van der Waals surface area contributed by atoms with Gasteiger partial charge >= 0.3 is 6.36 Å². The van der Waals surface area contributed by atoms with E-state index in [1.807, 2.05) is 0 Å². The molecule has 8 heteroatoms. The number of benzene rings is 1. The molecule has 0 unspecified atom stereocenters. The summed E-state index contributed by atoms with van der Waals surface area (Å²) in [5.41, 5.74) is 0.234. The number of ether oxygens (including phenoxy) is 1. The normalized spacial score (nSPS) is 12.3. The maximum Gasteiger partial charge on any atom is 0.573 e. The first-order valence-electron chi connectivity index (χ1n) is 5.36. The average molecular weight is 322 g/mol. The van der Waals surface area contributed by atoms with E-state index in [0.29, 0.717) is 0 Å². The fourth-order valence-electron chi connectivity index (χ4n) is 1.56.